The number of aliphatic carboxylic acids is 2. The number of carbonyl (C=O) groups is 2. The number of nitrogens with zero attached hydrogens (tertiary/aromatic N) is 2. The minimum atomic E-state index is -0.902. The smallest absolute Gasteiger partial charge is 0.550 e. The van der Waals surface area contributed by atoms with E-state index in [2.05, 4.69) is 37.5 Å². The molecule has 0 fully saturated rings. The van der Waals surface area contributed by atoms with Gasteiger partial charge in [0.05, 0.1) is 0 Å². The van der Waals surface area contributed by atoms with Crippen LogP contribution in [0.25, 0.3) is 0 Å². The summed E-state index contributed by atoms with van der Waals surface area (Å²) in [6.07, 6.45) is 68.4. The Balaban J connectivity index is -0.00000128. The molecule has 7 heteroatoms. The third-order valence-electron chi connectivity index (χ3n) is 15.0. The maximum atomic E-state index is 10.8. The Morgan fingerprint density at radius 2 is 0.352 bits per heavy atom. The molecule has 0 aliphatic heterocycles. The van der Waals surface area contributed by atoms with Gasteiger partial charge in [0, 0.05) is 11.9 Å². The Morgan fingerprint density at radius 1 is 0.225 bits per heavy atom. The first kappa shape index (κ1) is 75.4. The third-order valence-corrected chi connectivity index (χ3v) is 15.0. The Kier molecular flexibility index (Phi) is 72.3. The molecule has 6 nitrogen and oxygen atoms in total. The summed E-state index contributed by atoms with van der Waals surface area (Å²) in [4.78, 5) is 26.6. The van der Waals surface area contributed by atoms with Crippen molar-refractivity contribution in [3.63, 3.8) is 0 Å². The average molecular weight is 1030 g/mol. The van der Waals surface area contributed by atoms with E-state index in [1.807, 2.05) is 0 Å². The number of hydrogen-bond donors (Lipinski definition) is 0. The molecule has 0 unspecified atom stereocenters. The molecule has 0 N–H and O–H groups in total. The van der Waals surface area contributed by atoms with Crippen LogP contribution in [0, 0.1) is 0 Å². The van der Waals surface area contributed by atoms with Gasteiger partial charge >= 0.3 is 37.7 Å². The predicted octanol–water partition coefficient (Wildman–Crippen LogP) is 18.1. The summed E-state index contributed by atoms with van der Waals surface area (Å²) in [7, 11) is 0. The third kappa shape index (κ3) is 70.1. The van der Waals surface area contributed by atoms with Crippen LogP contribution in [0.1, 0.15) is 362 Å². The molecular formula is C64H128CaN2O4. The summed E-state index contributed by atoms with van der Waals surface area (Å²) in [5.74, 6) is -1.80. The largest absolute Gasteiger partial charge is 2.00 e. The van der Waals surface area contributed by atoms with Gasteiger partial charge in [0.25, 0.3) is 0 Å². The fraction of sp³-hybridized carbons (Fsp3) is 0.969. The molecule has 0 aromatic heterocycles. The number of carbonyl (C=O) groups excluding carboxylic acids is 2. The van der Waals surface area contributed by atoms with Crippen molar-refractivity contribution in [2.75, 3.05) is 39.3 Å². The minimum Gasteiger partial charge on any atom is -0.550 e. The average Bonchev–Trinajstić information content (AvgIpc) is 3.34. The standard InChI is InChI=1S/2C32H65NO2.Ca/c2*1-3-5-7-9-11-13-15-17-19-21-23-25-29-33(31-27-28-32(34)35)30-26-24-22-20-18-16-14-12-10-8-6-4-2;/h2*3-31H2,1-2H3,(H,34,35);/q;;+2/p-2. The van der Waals surface area contributed by atoms with Crippen molar-refractivity contribution >= 4 is 49.7 Å². The van der Waals surface area contributed by atoms with Crippen LogP contribution in [0.4, 0.5) is 0 Å². The number of unbranched alkanes of at least 4 members (excludes halogenated alkanes) is 44. The molecule has 0 atom stereocenters. The SMILES string of the molecule is CCCCCCCCCCCCCCN(CCCCCCCCCCCCCC)CCCC(=O)[O-].CCCCCCCCCCCCCCN(CCCCCCCCCCCCCC)CCCC(=O)[O-].[Ca+2]. The van der Waals surface area contributed by atoms with Crippen LogP contribution in [0.3, 0.4) is 0 Å². The van der Waals surface area contributed by atoms with E-state index in [9.17, 15) is 19.8 Å². The van der Waals surface area contributed by atoms with Crippen LogP contribution in [0.2, 0.25) is 0 Å². The van der Waals surface area contributed by atoms with Crippen molar-refractivity contribution in [1.82, 2.24) is 9.80 Å². The maximum Gasteiger partial charge on any atom is 2.00 e. The Hall–Kier alpha value is 0.120. The summed E-state index contributed by atoms with van der Waals surface area (Å²) in [6, 6.07) is 0. The van der Waals surface area contributed by atoms with Gasteiger partial charge in [-0.05, 0) is 90.6 Å². The van der Waals surface area contributed by atoms with E-state index in [0.29, 0.717) is 0 Å². The van der Waals surface area contributed by atoms with Gasteiger partial charge in [-0.1, -0.05) is 310 Å². The number of rotatable bonds is 60. The van der Waals surface area contributed by atoms with Crippen molar-refractivity contribution in [2.24, 2.45) is 0 Å². The van der Waals surface area contributed by atoms with E-state index >= 15 is 0 Å². The van der Waals surface area contributed by atoms with Gasteiger partial charge in [-0.25, -0.2) is 0 Å². The van der Waals surface area contributed by atoms with Crippen LogP contribution < -0.4 is 10.2 Å². The zero-order valence-electron chi connectivity index (χ0n) is 49.2. The van der Waals surface area contributed by atoms with E-state index in [0.717, 1.165) is 52.1 Å². The van der Waals surface area contributed by atoms with E-state index in [1.54, 1.807) is 0 Å². The van der Waals surface area contributed by atoms with Crippen LogP contribution in [0.5, 0.6) is 0 Å². The molecule has 0 aliphatic carbocycles. The first-order valence-electron chi connectivity index (χ1n) is 32.2. The monoisotopic (exact) mass is 1030 g/mol. The second kappa shape index (κ2) is 68.1. The summed E-state index contributed by atoms with van der Waals surface area (Å²) in [5, 5.41) is 21.6. The fourth-order valence-corrected chi connectivity index (χ4v) is 10.3. The molecule has 0 amide bonds. The van der Waals surface area contributed by atoms with Gasteiger partial charge in [0.1, 0.15) is 0 Å². The molecule has 0 aromatic rings. The van der Waals surface area contributed by atoms with Gasteiger partial charge < -0.3 is 29.6 Å². The van der Waals surface area contributed by atoms with Crippen LogP contribution in [-0.2, 0) is 9.59 Å². The van der Waals surface area contributed by atoms with Gasteiger partial charge in [0.2, 0.25) is 0 Å². The van der Waals surface area contributed by atoms with Gasteiger partial charge in [-0.3, -0.25) is 0 Å². The molecule has 0 radical (unpaired) electrons. The quantitative estimate of drug-likeness (QED) is 0.0446. The molecule has 0 aromatic carbocycles. The summed E-state index contributed by atoms with van der Waals surface area (Å²) in [5.41, 5.74) is 0. The zero-order chi connectivity index (χ0) is 51.3. The predicted molar refractivity (Wildman–Crippen MR) is 311 cm³/mol. The van der Waals surface area contributed by atoms with E-state index in [-0.39, 0.29) is 50.6 Å². The van der Waals surface area contributed by atoms with Gasteiger partial charge in [-0.2, -0.15) is 0 Å². The second-order valence-corrected chi connectivity index (χ2v) is 22.2. The van der Waals surface area contributed by atoms with Crippen molar-refractivity contribution in [2.45, 2.75) is 362 Å². The molecule has 0 aliphatic rings. The molecule has 0 saturated carbocycles. The molecular weight excluding hydrogens is 901 g/mol. The van der Waals surface area contributed by atoms with Crippen molar-refractivity contribution < 1.29 is 19.8 Å². The summed E-state index contributed by atoms with van der Waals surface area (Å²) >= 11 is 0. The Bertz CT molecular complexity index is 852. The molecule has 0 bridgehead atoms. The van der Waals surface area contributed by atoms with Crippen molar-refractivity contribution in [3.8, 4) is 0 Å². The second-order valence-electron chi connectivity index (χ2n) is 22.2. The first-order valence-corrected chi connectivity index (χ1v) is 32.2. The van der Waals surface area contributed by atoms with Crippen LogP contribution >= 0.6 is 0 Å². The van der Waals surface area contributed by atoms with Crippen molar-refractivity contribution in [1.29, 1.82) is 0 Å². The molecule has 0 heterocycles. The van der Waals surface area contributed by atoms with Crippen molar-refractivity contribution in [3.05, 3.63) is 0 Å². The molecule has 0 saturated heterocycles. The molecule has 71 heavy (non-hydrogen) atoms. The fourth-order valence-electron chi connectivity index (χ4n) is 10.3. The maximum absolute atomic E-state index is 10.8. The van der Waals surface area contributed by atoms with Gasteiger partial charge in [-0.15, -0.1) is 0 Å². The normalized spacial score (nSPS) is 11.4. The molecule has 420 valence electrons. The van der Waals surface area contributed by atoms with Gasteiger partial charge in [0.15, 0.2) is 0 Å². The van der Waals surface area contributed by atoms with E-state index in [1.165, 1.54) is 308 Å². The first-order chi connectivity index (χ1) is 34.4. The number of hydrogen-bond acceptors (Lipinski definition) is 6. The zero-order valence-corrected chi connectivity index (χ0v) is 51.5. The topological polar surface area (TPSA) is 86.7 Å². The molecule has 0 spiro atoms. The summed E-state index contributed by atoms with van der Waals surface area (Å²) in [6.45, 7) is 15.5. The van der Waals surface area contributed by atoms with E-state index in [4.69, 9.17) is 0 Å². The Labute approximate surface area is 476 Å². The van der Waals surface area contributed by atoms with E-state index < -0.39 is 11.9 Å². The Morgan fingerprint density at radius 3 is 0.493 bits per heavy atom. The summed E-state index contributed by atoms with van der Waals surface area (Å²) < 4.78 is 0. The molecule has 0 rings (SSSR count). The number of carboxylic acids is 2. The minimum absolute atomic E-state index is 0. The van der Waals surface area contributed by atoms with Crippen LogP contribution in [0.15, 0.2) is 0 Å². The number of carboxylic acid groups (broad SMARTS) is 2. The van der Waals surface area contributed by atoms with Crippen LogP contribution in [-0.4, -0.2) is 98.7 Å².